The third kappa shape index (κ3) is 3.01. The standard InChI is InChI=1S/C13H15ClN2O2/c1-8-6-9(2-4-11(8)14)13(18)16-10-3-5-12(17)15-7-10/h2,4,6,10H,3,5,7H2,1H3,(H,15,17)(H,16,18). The lowest BCUT2D eigenvalue weighted by atomic mass is 10.1. The van der Waals surface area contributed by atoms with E-state index in [1.54, 1.807) is 18.2 Å². The van der Waals surface area contributed by atoms with Gasteiger partial charge in [-0.05, 0) is 37.1 Å². The van der Waals surface area contributed by atoms with Crippen LogP contribution < -0.4 is 10.6 Å². The first-order valence-corrected chi connectivity index (χ1v) is 6.28. The first kappa shape index (κ1) is 12.9. The summed E-state index contributed by atoms with van der Waals surface area (Å²) in [5.41, 5.74) is 1.47. The van der Waals surface area contributed by atoms with E-state index in [0.29, 0.717) is 30.0 Å². The molecule has 1 aliphatic heterocycles. The van der Waals surface area contributed by atoms with E-state index in [0.717, 1.165) is 5.56 Å². The van der Waals surface area contributed by atoms with E-state index in [1.165, 1.54) is 0 Å². The lowest BCUT2D eigenvalue weighted by Gasteiger charge is -2.23. The van der Waals surface area contributed by atoms with Crippen molar-refractivity contribution in [2.24, 2.45) is 0 Å². The number of carbonyl (C=O) groups excluding carboxylic acids is 2. The van der Waals surface area contributed by atoms with Gasteiger partial charge in [-0.25, -0.2) is 0 Å². The minimum Gasteiger partial charge on any atom is -0.354 e. The van der Waals surface area contributed by atoms with Crippen molar-refractivity contribution >= 4 is 23.4 Å². The molecule has 0 aromatic heterocycles. The zero-order valence-corrected chi connectivity index (χ0v) is 10.9. The summed E-state index contributed by atoms with van der Waals surface area (Å²) in [5, 5.41) is 6.29. The maximum absolute atomic E-state index is 12.0. The monoisotopic (exact) mass is 266 g/mol. The van der Waals surface area contributed by atoms with Gasteiger partial charge in [-0.1, -0.05) is 11.6 Å². The number of aryl methyl sites for hydroxylation is 1. The van der Waals surface area contributed by atoms with Crippen LogP contribution in [0.3, 0.4) is 0 Å². The van der Waals surface area contributed by atoms with Crippen molar-refractivity contribution in [2.75, 3.05) is 6.54 Å². The third-order valence-corrected chi connectivity index (χ3v) is 3.44. The highest BCUT2D eigenvalue weighted by molar-refractivity contribution is 6.31. The zero-order chi connectivity index (χ0) is 13.1. The van der Waals surface area contributed by atoms with Gasteiger partial charge in [0.15, 0.2) is 0 Å². The molecule has 0 bridgehead atoms. The summed E-state index contributed by atoms with van der Waals surface area (Å²) < 4.78 is 0. The minimum atomic E-state index is -0.129. The molecule has 1 aromatic carbocycles. The number of piperidine rings is 1. The molecule has 1 heterocycles. The van der Waals surface area contributed by atoms with E-state index in [2.05, 4.69) is 10.6 Å². The molecule has 96 valence electrons. The van der Waals surface area contributed by atoms with Crippen molar-refractivity contribution in [3.63, 3.8) is 0 Å². The molecule has 0 radical (unpaired) electrons. The Hall–Kier alpha value is -1.55. The second-order valence-corrected chi connectivity index (χ2v) is 4.88. The van der Waals surface area contributed by atoms with Crippen LogP contribution in [0.4, 0.5) is 0 Å². The van der Waals surface area contributed by atoms with Crippen LogP contribution in [0.1, 0.15) is 28.8 Å². The van der Waals surface area contributed by atoms with Crippen molar-refractivity contribution in [2.45, 2.75) is 25.8 Å². The average Bonchev–Trinajstić information content (AvgIpc) is 2.35. The molecule has 1 unspecified atom stereocenters. The van der Waals surface area contributed by atoms with Crippen LogP contribution in [0, 0.1) is 6.92 Å². The molecule has 2 amide bonds. The molecule has 1 fully saturated rings. The molecule has 0 saturated carbocycles. The molecule has 18 heavy (non-hydrogen) atoms. The van der Waals surface area contributed by atoms with Crippen LogP contribution in [0.5, 0.6) is 0 Å². The van der Waals surface area contributed by atoms with Crippen molar-refractivity contribution < 1.29 is 9.59 Å². The Balaban J connectivity index is 1.99. The fourth-order valence-electron chi connectivity index (χ4n) is 1.91. The Morgan fingerprint density at radius 3 is 2.89 bits per heavy atom. The summed E-state index contributed by atoms with van der Waals surface area (Å²) in [7, 11) is 0. The van der Waals surface area contributed by atoms with Gasteiger partial charge < -0.3 is 10.6 Å². The van der Waals surface area contributed by atoms with Crippen LogP contribution in [-0.2, 0) is 4.79 Å². The largest absolute Gasteiger partial charge is 0.354 e. The van der Waals surface area contributed by atoms with E-state index >= 15 is 0 Å². The number of carbonyl (C=O) groups is 2. The Labute approximate surface area is 111 Å². The van der Waals surface area contributed by atoms with Crippen LogP contribution in [-0.4, -0.2) is 24.4 Å². The van der Waals surface area contributed by atoms with Gasteiger partial charge in [0.2, 0.25) is 5.91 Å². The van der Waals surface area contributed by atoms with E-state index in [-0.39, 0.29) is 17.9 Å². The summed E-state index contributed by atoms with van der Waals surface area (Å²) in [6.07, 6.45) is 1.15. The van der Waals surface area contributed by atoms with Crippen LogP contribution in [0.2, 0.25) is 5.02 Å². The number of hydrogen-bond donors (Lipinski definition) is 2. The predicted octanol–water partition coefficient (Wildman–Crippen LogP) is 1.66. The smallest absolute Gasteiger partial charge is 0.251 e. The Kier molecular flexibility index (Phi) is 3.87. The Morgan fingerprint density at radius 1 is 1.50 bits per heavy atom. The first-order valence-electron chi connectivity index (χ1n) is 5.90. The van der Waals surface area contributed by atoms with Crippen LogP contribution >= 0.6 is 11.6 Å². The van der Waals surface area contributed by atoms with Gasteiger partial charge in [0.05, 0.1) is 0 Å². The van der Waals surface area contributed by atoms with Gasteiger partial charge in [0.1, 0.15) is 0 Å². The summed E-state index contributed by atoms with van der Waals surface area (Å²) in [5.74, 6) is -0.0845. The van der Waals surface area contributed by atoms with Crippen LogP contribution in [0.25, 0.3) is 0 Å². The topological polar surface area (TPSA) is 58.2 Å². The lowest BCUT2D eigenvalue weighted by molar-refractivity contribution is -0.122. The van der Waals surface area contributed by atoms with Gasteiger partial charge in [0.25, 0.3) is 5.91 Å². The molecular weight excluding hydrogens is 252 g/mol. The van der Waals surface area contributed by atoms with Gasteiger partial charge in [-0.2, -0.15) is 0 Å². The molecule has 0 spiro atoms. The van der Waals surface area contributed by atoms with Gasteiger partial charge >= 0.3 is 0 Å². The molecule has 1 aliphatic rings. The third-order valence-electron chi connectivity index (χ3n) is 3.02. The number of hydrogen-bond acceptors (Lipinski definition) is 2. The summed E-state index contributed by atoms with van der Waals surface area (Å²) in [6.45, 7) is 2.36. The number of rotatable bonds is 2. The molecule has 2 N–H and O–H groups in total. The normalized spacial score (nSPS) is 19.2. The fourth-order valence-corrected chi connectivity index (χ4v) is 2.03. The second kappa shape index (κ2) is 5.40. The molecular formula is C13H15ClN2O2. The van der Waals surface area contributed by atoms with E-state index < -0.39 is 0 Å². The highest BCUT2D eigenvalue weighted by Gasteiger charge is 2.20. The van der Waals surface area contributed by atoms with Gasteiger partial charge in [-0.3, -0.25) is 9.59 Å². The Morgan fingerprint density at radius 2 is 2.28 bits per heavy atom. The Bertz CT molecular complexity index is 478. The zero-order valence-electron chi connectivity index (χ0n) is 10.1. The highest BCUT2D eigenvalue weighted by Crippen LogP contribution is 2.16. The van der Waals surface area contributed by atoms with Crippen LogP contribution in [0.15, 0.2) is 18.2 Å². The second-order valence-electron chi connectivity index (χ2n) is 4.48. The molecule has 2 rings (SSSR count). The molecule has 0 aliphatic carbocycles. The van der Waals surface area contributed by atoms with Crippen molar-refractivity contribution in [3.8, 4) is 0 Å². The molecule has 4 nitrogen and oxygen atoms in total. The molecule has 1 saturated heterocycles. The maximum Gasteiger partial charge on any atom is 0.251 e. The molecule has 5 heteroatoms. The lowest BCUT2D eigenvalue weighted by Crippen LogP contribution is -2.47. The number of nitrogens with one attached hydrogen (secondary N) is 2. The van der Waals surface area contributed by atoms with E-state index in [1.807, 2.05) is 6.92 Å². The molecule has 1 aromatic rings. The number of benzene rings is 1. The number of halogens is 1. The molecule has 1 atom stereocenters. The first-order chi connectivity index (χ1) is 8.56. The highest BCUT2D eigenvalue weighted by atomic mass is 35.5. The van der Waals surface area contributed by atoms with Gasteiger partial charge in [-0.15, -0.1) is 0 Å². The number of amides is 2. The summed E-state index contributed by atoms with van der Waals surface area (Å²) >= 11 is 5.91. The summed E-state index contributed by atoms with van der Waals surface area (Å²) in [6, 6.07) is 5.19. The summed E-state index contributed by atoms with van der Waals surface area (Å²) in [4.78, 5) is 23.0. The minimum absolute atomic E-state index is 0.00573. The van der Waals surface area contributed by atoms with Crippen molar-refractivity contribution in [1.82, 2.24) is 10.6 Å². The average molecular weight is 267 g/mol. The fraction of sp³-hybridized carbons (Fsp3) is 0.385. The SMILES string of the molecule is Cc1cc(C(=O)NC2CCC(=O)NC2)ccc1Cl. The van der Waals surface area contributed by atoms with Crippen molar-refractivity contribution in [3.05, 3.63) is 34.3 Å². The maximum atomic E-state index is 12.0. The predicted molar refractivity (Wildman–Crippen MR) is 69.7 cm³/mol. The van der Waals surface area contributed by atoms with E-state index in [9.17, 15) is 9.59 Å². The van der Waals surface area contributed by atoms with Gasteiger partial charge in [0, 0.05) is 29.6 Å². The van der Waals surface area contributed by atoms with Crippen molar-refractivity contribution in [1.29, 1.82) is 0 Å². The quantitative estimate of drug-likeness (QED) is 0.855. The van der Waals surface area contributed by atoms with E-state index in [4.69, 9.17) is 11.6 Å².